The maximum atomic E-state index is 14.6. The van der Waals surface area contributed by atoms with Gasteiger partial charge in [-0.25, -0.2) is 9.37 Å². The van der Waals surface area contributed by atoms with E-state index in [0.717, 1.165) is 25.7 Å². The highest BCUT2D eigenvalue weighted by molar-refractivity contribution is 6.30. The maximum absolute atomic E-state index is 14.6. The molecule has 4 rings (SSSR count). The van der Waals surface area contributed by atoms with Gasteiger partial charge in [0.05, 0.1) is 29.7 Å². The first-order valence-electron chi connectivity index (χ1n) is 10.3. The molecule has 1 amide bonds. The van der Waals surface area contributed by atoms with Gasteiger partial charge in [-0.3, -0.25) is 4.79 Å². The van der Waals surface area contributed by atoms with Gasteiger partial charge < -0.3 is 20.4 Å². The molecule has 0 saturated heterocycles. The minimum atomic E-state index is -1.25. The molecule has 1 aromatic heterocycles. The van der Waals surface area contributed by atoms with Crippen LogP contribution in [0.4, 0.5) is 10.3 Å². The van der Waals surface area contributed by atoms with Gasteiger partial charge in [-0.05, 0) is 37.5 Å². The zero-order valence-electron chi connectivity index (χ0n) is 17.1. The summed E-state index contributed by atoms with van der Waals surface area (Å²) < 4.78 is 20.0. The average Bonchev–Trinajstić information content (AvgIpc) is 3.15. The van der Waals surface area contributed by atoms with Crippen molar-refractivity contribution >= 4 is 34.5 Å². The van der Waals surface area contributed by atoms with Crippen LogP contribution in [0.2, 0.25) is 0 Å². The van der Waals surface area contributed by atoms with Gasteiger partial charge in [0.25, 0.3) is 5.91 Å². The van der Waals surface area contributed by atoms with Gasteiger partial charge in [-0.15, -0.1) is 0 Å². The molecule has 1 aromatic carbocycles. The number of carbonyl (C=O) groups is 1. The van der Waals surface area contributed by atoms with E-state index in [4.69, 9.17) is 16.3 Å². The van der Waals surface area contributed by atoms with Gasteiger partial charge in [-0.2, -0.15) is 0 Å². The van der Waals surface area contributed by atoms with Gasteiger partial charge in [0.15, 0.2) is 0 Å². The van der Waals surface area contributed by atoms with E-state index in [-0.39, 0.29) is 11.9 Å². The molecule has 2 unspecified atom stereocenters. The van der Waals surface area contributed by atoms with Crippen LogP contribution in [0.15, 0.2) is 34.9 Å². The van der Waals surface area contributed by atoms with Crippen molar-refractivity contribution in [1.82, 2.24) is 15.3 Å². The minimum absolute atomic E-state index is 0.160. The number of nitrogens with zero attached hydrogens (tertiary/aromatic N) is 1. The molecule has 2 aromatic rings. The maximum Gasteiger partial charge on any atom is 0.255 e. The highest BCUT2D eigenvalue weighted by Gasteiger charge is 2.29. The number of anilines is 1. The summed E-state index contributed by atoms with van der Waals surface area (Å²) in [7, 11) is 1.53. The van der Waals surface area contributed by atoms with Crippen molar-refractivity contribution in [3.05, 3.63) is 40.5 Å². The predicted octanol–water partition coefficient (Wildman–Crippen LogP) is 4.84. The highest BCUT2D eigenvalue weighted by atomic mass is 35.5. The lowest BCUT2D eigenvalue weighted by molar-refractivity contribution is 0.0925. The smallest absolute Gasteiger partial charge is 0.255 e. The quantitative estimate of drug-likeness (QED) is 0.632. The lowest BCUT2D eigenvalue weighted by atomic mass is 9.95. The second-order valence-corrected chi connectivity index (χ2v) is 8.39. The van der Waals surface area contributed by atoms with Crippen LogP contribution in [-0.4, -0.2) is 41.2 Å². The van der Waals surface area contributed by atoms with Crippen molar-refractivity contribution in [1.29, 1.82) is 0 Å². The normalized spacial score (nSPS) is 22.4. The molecule has 0 spiro atoms. The van der Waals surface area contributed by atoms with Crippen LogP contribution in [0.1, 0.15) is 49.4 Å². The van der Waals surface area contributed by atoms with Gasteiger partial charge in [0.1, 0.15) is 11.9 Å². The SMILES string of the molecule is COc1cc2nc(NC3C(Cl)=CC=C(C)C3F)[nH]c2cc1C(=O)NC1CCCCC1. The number of benzene rings is 1. The highest BCUT2D eigenvalue weighted by Crippen LogP contribution is 2.30. The number of nitrogens with one attached hydrogen (secondary N) is 3. The molecule has 2 aliphatic carbocycles. The Morgan fingerprint density at radius 3 is 2.77 bits per heavy atom. The van der Waals surface area contributed by atoms with Crippen molar-refractivity contribution in [3.63, 3.8) is 0 Å². The number of ether oxygens (including phenoxy) is 1. The van der Waals surface area contributed by atoms with E-state index in [9.17, 15) is 9.18 Å². The lowest BCUT2D eigenvalue weighted by Crippen LogP contribution is -2.36. The number of alkyl halides is 1. The number of halogens is 2. The van der Waals surface area contributed by atoms with E-state index < -0.39 is 12.2 Å². The fraction of sp³-hybridized carbons (Fsp3) is 0.455. The Kier molecular flexibility index (Phi) is 5.99. The summed E-state index contributed by atoms with van der Waals surface area (Å²) in [6.07, 6.45) is 7.61. The molecule has 160 valence electrons. The zero-order chi connectivity index (χ0) is 21.3. The fourth-order valence-electron chi connectivity index (χ4n) is 4.06. The van der Waals surface area contributed by atoms with Gasteiger partial charge in [0, 0.05) is 17.1 Å². The van der Waals surface area contributed by atoms with Crippen LogP contribution in [0.5, 0.6) is 5.75 Å². The third-order valence-corrected chi connectivity index (χ3v) is 6.17. The van der Waals surface area contributed by atoms with Crippen molar-refractivity contribution < 1.29 is 13.9 Å². The van der Waals surface area contributed by atoms with E-state index in [2.05, 4.69) is 20.6 Å². The van der Waals surface area contributed by atoms with Crippen LogP contribution in [0, 0.1) is 0 Å². The van der Waals surface area contributed by atoms with Crippen LogP contribution in [-0.2, 0) is 0 Å². The first kappa shape index (κ1) is 20.7. The van der Waals surface area contributed by atoms with Gasteiger partial charge in [-0.1, -0.05) is 36.9 Å². The number of amides is 1. The first-order chi connectivity index (χ1) is 14.5. The topological polar surface area (TPSA) is 79.0 Å². The second kappa shape index (κ2) is 8.68. The number of rotatable bonds is 5. The predicted molar refractivity (Wildman–Crippen MR) is 117 cm³/mol. The molecule has 8 heteroatoms. The zero-order valence-corrected chi connectivity index (χ0v) is 17.9. The van der Waals surface area contributed by atoms with Crippen LogP contribution < -0.4 is 15.4 Å². The van der Waals surface area contributed by atoms with Crippen LogP contribution >= 0.6 is 11.6 Å². The van der Waals surface area contributed by atoms with Crippen LogP contribution in [0.3, 0.4) is 0 Å². The fourth-order valence-corrected chi connectivity index (χ4v) is 4.29. The van der Waals surface area contributed by atoms with Crippen molar-refractivity contribution in [3.8, 4) is 5.75 Å². The molecule has 1 fully saturated rings. The van der Waals surface area contributed by atoms with E-state index >= 15 is 0 Å². The number of imidazole rings is 1. The summed E-state index contributed by atoms with van der Waals surface area (Å²) in [5, 5.41) is 6.52. The second-order valence-electron chi connectivity index (χ2n) is 7.95. The third-order valence-electron chi connectivity index (χ3n) is 5.81. The summed E-state index contributed by atoms with van der Waals surface area (Å²) in [6.45, 7) is 1.72. The molecule has 6 nitrogen and oxygen atoms in total. The van der Waals surface area contributed by atoms with E-state index in [1.807, 2.05) is 0 Å². The number of aromatic nitrogens is 2. The Labute approximate surface area is 179 Å². The Hall–Kier alpha value is -2.54. The summed E-state index contributed by atoms with van der Waals surface area (Å²) >= 11 is 6.20. The Morgan fingerprint density at radius 1 is 1.27 bits per heavy atom. The van der Waals surface area contributed by atoms with Crippen LogP contribution in [0.25, 0.3) is 11.0 Å². The average molecular weight is 433 g/mol. The number of allylic oxidation sites excluding steroid dienone is 2. The van der Waals surface area contributed by atoms with Gasteiger partial charge in [0.2, 0.25) is 5.95 Å². The monoisotopic (exact) mass is 432 g/mol. The molecule has 2 atom stereocenters. The molecule has 30 heavy (non-hydrogen) atoms. The van der Waals surface area contributed by atoms with Gasteiger partial charge >= 0.3 is 0 Å². The van der Waals surface area contributed by atoms with E-state index in [1.165, 1.54) is 13.5 Å². The first-order valence-corrected chi connectivity index (χ1v) is 10.7. The molecule has 0 radical (unpaired) electrons. The number of hydrogen-bond acceptors (Lipinski definition) is 4. The Balaban J connectivity index is 1.58. The third kappa shape index (κ3) is 4.17. The molecule has 3 N–H and O–H groups in total. The molecule has 0 bridgehead atoms. The summed E-state index contributed by atoms with van der Waals surface area (Å²) in [5.41, 5.74) is 2.31. The molecular formula is C22H26ClFN4O2. The Bertz CT molecular complexity index is 1010. The molecular weight excluding hydrogens is 407 g/mol. The minimum Gasteiger partial charge on any atom is -0.496 e. The van der Waals surface area contributed by atoms with Crippen molar-refractivity contribution in [2.75, 3.05) is 12.4 Å². The van der Waals surface area contributed by atoms with E-state index in [1.54, 1.807) is 31.2 Å². The number of carbonyl (C=O) groups excluding carboxylic acids is 1. The molecule has 2 aliphatic rings. The standard InChI is InChI=1S/C22H26ClFN4O2/c1-12-8-9-15(23)20(19(12)24)28-22-26-16-10-14(18(30-2)11-17(16)27-22)21(29)25-13-6-4-3-5-7-13/h8-11,13,19-20H,3-7H2,1-2H3,(H,25,29)(H2,26,27,28). The number of methoxy groups -OCH3 is 1. The molecule has 0 aliphatic heterocycles. The number of fused-ring (bicyclic) bond motifs is 1. The van der Waals surface area contributed by atoms with E-state index in [0.29, 0.717) is 38.9 Å². The number of hydrogen-bond donors (Lipinski definition) is 3. The molecule has 1 saturated carbocycles. The summed E-state index contributed by atoms with van der Waals surface area (Å²) in [5.74, 6) is 0.671. The lowest BCUT2D eigenvalue weighted by Gasteiger charge is -2.25. The largest absolute Gasteiger partial charge is 0.496 e. The molecule has 1 heterocycles. The summed E-state index contributed by atoms with van der Waals surface area (Å²) in [4.78, 5) is 20.5. The van der Waals surface area contributed by atoms with Crippen molar-refractivity contribution in [2.45, 2.75) is 57.3 Å². The summed E-state index contributed by atoms with van der Waals surface area (Å²) in [6, 6.07) is 2.92. The number of aromatic amines is 1. The van der Waals surface area contributed by atoms with Crippen molar-refractivity contribution in [2.24, 2.45) is 0 Å². The Morgan fingerprint density at radius 2 is 2.03 bits per heavy atom. The number of H-pyrrole nitrogens is 1.